The van der Waals surface area contributed by atoms with E-state index in [9.17, 15) is 8.42 Å². The van der Waals surface area contributed by atoms with Crippen molar-refractivity contribution in [2.24, 2.45) is 0 Å². The van der Waals surface area contributed by atoms with Gasteiger partial charge in [-0.1, -0.05) is 31.2 Å². The van der Waals surface area contributed by atoms with Crippen LogP contribution in [0.4, 0.5) is 0 Å². The first kappa shape index (κ1) is 12.2. The molecule has 0 aliphatic rings. The largest absolute Gasteiger partial charge is 0.215 e. The third-order valence-electron chi connectivity index (χ3n) is 2.18. The number of nitrogens with one attached hydrogen (secondary N) is 1. The van der Waals surface area contributed by atoms with E-state index in [2.05, 4.69) is 4.72 Å². The first-order chi connectivity index (χ1) is 7.05. The van der Waals surface area contributed by atoms with Gasteiger partial charge in [0.1, 0.15) is 0 Å². The Bertz CT molecular complexity index is 412. The number of benzene rings is 1. The normalized spacial score (nSPS) is 11.6. The quantitative estimate of drug-likeness (QED) is 0.834. The predicted molar refractivity (Wildman–Crippen MR) is 62.1 cm³/mol. The van der Waals surface area contributed by atoms with Gasteiger partial charge >= 0.3 is 0 Å². The summed E-state index contributed by atoms with van der Waals surface area (Å²) in [5.74, 6) is 0.0691. The van der Waals surface area contributed by atoms with E-state index >= 15 is 0 Å². The van der Waals surface area contributed by atoms with E-state index in [4.69, 9.17) is 0 Å². The van der Waals surface area contributed by atoms with E-state index < -0.39 is 10.0 Å². The van der Waals surface area contributed by atoms with Gasteiger partial charge in [0.2, 0.25) is 10.0 Å². The molecule has 0 aliphatic heterocycles. The van der Waals surface area contributed by atoms with Crippen LogP contribution in [0.5, 0.6) is 0 Å². The molecule has 15 heavy (non-hydrogen) atoms. The fourth-order valence-electron chi connectivity index (χ4n) is 1.29. The van der Waals surface area contributed by atoms with E-state index in [1.165, 1.54) is 0 Å². The molecule has 0 fully saturated rings. The molecule has 84 valence electrons. The van der Waals surface area contributed by atoms with Crippen LogP contribution in [-0.4, -0.2) is 15.0 Å². The molecule has 1 N–H and O–H groups in total. The second-order valence-electron chi connectivity index (χ2n) is 3.58. The molecule has 1 aromatic rings. The highest BCUT2D eigenvalue weighted by atomic mass is 32.2. The Morgan fingerprint density at radius 2 is 1.93 bits per heavy atom. The standard InChI is InChI=1S/C11H17NO2S/c1-3-8-12-15(13,14)9-11-7-5-4-6-10(11)2/h4-7,12H,3,8-9H2,1-2H3. The molecular weight excluding hydrogens is 210 g/mol. The molecule has 1 rings (SSSR count). The summed E-state index contributed by atoms with van der Waals surface area (Å²) >= 11 is 0. The molecule has 4 heteroatoms. The molecular formula is C11H17NO2S. The van der Waals surface area contributed by atoms with Crippen molar-refractivity contribution in [3.8, 4) is 0 Å². The maximum atomic E-state index is 11.6. The van der Waals surface area contributed by atoms with Crippen molar-refractivity contribution >= 4 is 10.0 Å². The Morgan fingerprint density at radius 1 is 1.27 bits per heavy atom. The first-order valence-corrected chi connectivity index (χ1v) is 6.72. The van der Waals surface area contributed by atoms with E-state index in [0.717, 1.165) is 17.5 Å². The van der Waals surface area contributed by atoms with Crippen molar-refractivity contribution in [3.63, 3.8) is 0 Å². The van der Waals surface area contributed by atoms with Gasteiger partial charge in [-0.3, -0.25) is 0 Å². The zero-order valence-electron chi connectivity index (χ0n) is 9.16. The van der Waals surface area contributed by atoms with Gasteiger partial charge in [-0.15, -0.1) is 0 Å². The molecule has 0 saturated heterocycles. The van der Waals surface area contributed by atoms with Crippen LogP contribution in [0.15, 0.2) is 24.3 Å². The van der Waals surface area contributed by atoms with E-state index in [0.29, 0.717) is 6.54 Å². The Hall–Kier alpha value is -0.870. The summed E-state index contributed by atoms with van der Waals surface area (Å²) in [5, 5.41) is 0. The van der Waals surface area contributed by atoms with E-state index in [1.54, 1.807) is 0 Å². The lowest BCUT2D eigenvalue weighted by molar-refractivity contribution is 0.580. The van der Waals surface area contributed by atoms with Gasteiger partial charge in [-0.2, -0.15) is 0 Å². The van der Waals surface area contributed by atoms with Gasteiger partial charge in [0, 0.05) is 6.54 Å². The molecule has 0 heterocycles. The topological polar surface area (TPSA) is 46.2 Å². The van der Waals surface area contributed by atoms with Crippen LogP contribution in [0.3, 0.4) is 0 Å². The summed E-state index contributed by atoms with van der Waals surface area (Å²) in [6.45, 7) is 4.37. The van der Waals surface area contributed by atoms with Crippen molar-refractivity contribution < 1.29 is 8.42 Å². The Morgan fingerprint density at radius 3 is 2.53 bits per heavy atom. The molecule has 1 aromatic carbocycles. The van der Waals surface area contributed by atoms with Crippen LogP contribution in [0.25, 0.3) is 0 Å². The maximum absolute atomic E-state index is 11.6. The summed E-state index contributed by atoms with van der Waals surface area (Å²) < 4.78 is 25.8. The molecule has 0 radical (unpaired) electrons. The molecule has 0 bridgehead atoms. The second kappa shape index (κ2) is 5.28. The molecule has 0 aromatic heterocycles. The third-order valence-corrected chi connectivity index (χ3v) is 3.51. The zero-order valence-corrected chi connectivity index (χ0v) is 9.97. The Kier molecular flexibility index (Phi) is 4.29. The van der Waals surface area contributed by atoms with E-state index in [-0.39, 0.29) is 5.75 Å². The van der Waals surface area contributed by atoms with Gasteiger partial charge in [0.05, 0.1) is 5.75 Å². The van der Waals surface area contributed by atoms with Crippen molar-refractivity contribution in [1.82, 2.24) is 4.72 Å². The molecule has 0 aliphatic carbocycles. The number of rotatable bonds is 5. The average Bonchev–Trinajstić information content (AvgIpc) is 2.18. The minimum absolute atomic E-state index is 0.0691. The number of hydrogen-bond donors (Lipinski definition) is 1. The molecule has 0 atom stereocenters. The van der Waals surface area contributed by atoms with Crippen molar-refractivity contribution in [2.45, 2.75) is 26.0 Å². The summed E-state index contributed by atoms with van der Waals surface area (Å²) in [7, 11) is -3.17. The first-order valence-electron chi connectivity index (χ1n) is 5.07. The molecule has 3 nitrogen and oxygen atoms in total. The van der Waals surface area contributed by atoms with Gasteiger partial charge in [0.25, 0.3) is 0 Å². The lowest BCUT2D eigenvalue weighted by Gasteiger charge is -2.07. The van der Waals surface area contributed by atoms with Crippen molar-refractivity contribution in [2.75, 3.05) is 6.54 Å². The van der Waals surface area contributed by atoms with Crippen LogP contribution in [0.2, 0.25) is 0 Å². The van der Waals surface area contributed by atoms with Crippen LogP contribution in [0.1, 0.15) is 24.5 Å². The average molecular weight is 227 g/mol. The highest BCUT2D eigenvalue weighted by Gasteiger charge is 2.11. The molecule has 0 saturated carbocycles. The summed E-state index contributed by atoms with van der Waals surface area (Å²) in [6.07, 6.45) is 0.813. The fourth-order valence-corrected chi connectivity index (χ4v) is 2.64. The number of hydrogen-bond acceptors (Lipinski definition) is 2. The smallest absolute Gasteiger partial charge is 0.215 e. The van der Waals surface area contributed by atoms with Crippen LogP contribution in [-0.2, 0) is 15.8 Å². The Labute approximate surface area is 91.6 Å². The lowest BCUT2D eigenvalue weighted by Crippen LogP contribution is -2.26. The maximum Gasteiger partial charge on any atom is 0.215 e. The number of aryl methyl sites for hydroxylation is 1. The Balaban J connectivity index is 2.74. The van der Waals surface area contributed by atoms with Crippen LogP contribution in [0, 0.1) is 6.92 Å². The number of sulfonamides is 1. The highest BCUT2D eigenvalue weighted by molar-refractivity contribution is 7.88. The summed E-state index contributed by atoms with van der Waals surface area (Å²) in [5.41, 5.74) is 1.88. The molecule has 0 unspecified atom stereocenters. The third kappa shape index (κ3) is 4.01. The second-order valence-corrected chi connectivity index (χ2v) is 5.39. The van der Waals surface area contributed by atoms with Gasteiger partial charge < -0.3 is 0 Å². The van der Waals surface area contributed by atoms with Crippen LogP contribution < -0.4 is 4.72 Å². The SMILES string of the molecule is CCCNS(=O)(=O)Cc1ccccc1C. The molecule has 0 spiro atoms. The van der Waals surface area contributed by atoms with Gasteiger partial charge in [-0.25, -0.2) is 13.1 Å². The fraction of sp³-hybridized carbons (Fsp3) is 0.455. The highest BCUT2D eigenvalue weighted by Crippen LogP contribution is 2.10. The van der Waals surface area contributed by atoms with Gasteiger partial charge in [-0.05, 0) is 24.5 Å². The van der Waals surface area contributed by atoms with Crippen molar-refractivity contribution in [3.05, 3.63) is 35.4 Å². The lowest BCUT2D eigenvalue weighted by atomic mass is 10.1. The minimum atomic E-state index is -3.17. The summed E-state index contributed by atoms with van der Waals surface area (Å²) in [4.78, 5) is 0. The monoisotopic (exact) mass is 227 g/mol. The van der Waals surface area contributed by atoms with Crippen molar-refractivity contribution in [1.29, 1.82) is 0 Å². The van der Waals surface area contributed by atoms with E-state index in [1.807, 2.05) is 38.1 Å². The zero-order chi connectivity index (χ0) is 11.3. The minimum Gasteiger partial charge on any atom is -0.215 e. The van der Waals surface area contributed by atoms with Crippen LogP contribution >= 0.6 is 0 Å². The molecule has 0 amide bonds. The summed E-state index contributed by atoms with van der Waals surface area (Å²) in [6, 6.07) is 7.54. The predicted octanol–water partition coefficient (Wildman–Crippen LogP) is 1.82. The van der Waals surface area contributed by atoms with Gasteiger partial charge in [0.15, 0.2) is 0 Å².